The second-order valence-electron chi connectivity index (χ2n) is 3.34. The summed E-state index contributed by atoms with van der Waals surface area (Å²) in [5, 5.41) is -0.111. The van der Waals surface area contributed by atoms with E-state index >= 15 is 0 Å². The molecule has 0 aliphatic carbocycles. The largest absolute Gasteiger partial charge is 0.573 e. The Bertz CT molecular complexity index is 648. The molecule has 0 saturated carbocycles. The number of nitrogens with one attached hydrogen (secondary N) is 1. The molecular formula is C10H5Cl2F3NO2S+. The van der Waals surface area contributed by atoms with Gasteiger partial charge in [-0.05, 0) is 23.7 Å². The number of alkyl halides is 3. The van der Waals surface area contributed by atoms with Gasteiger partial charge in [0.15, 0.2) is 5.02 Å². The summed E-state index contributed by atoms with van der Waals surface area (Å²) in [6.07, 6.45) is -4.74. The molecule has 3 nitrogen and oxygen atoms in total. The summed E-state index contributed by atoms with van der Waals surface area (Å²) in [5.74, 6) is -0.350. The highest BCUT2D eigenvalue weighted by Gasteiger charge is 2.31. The van der Waals surface area contributed by atoms with Crippen LogP contribution in [0.25, 0.3) is 4.90 Å². The predicted octanol–water partition coefficient (Wildman–Crippen LogP) is 4.32. The Balaban J connectivity index is 2.33. The number of aromatic nitrogens is 1. The van der Waals surface area contributed by atoms with Crippen LogP contribution in [-0.4, -0.2) is 10.7 Å². The molecule has 0 aliphatic rings. The molecule has 2 rings (SSSR count). The second kappa shape index (κ2) is 5.07. The van der Waals surface area contributed by atoms with Crippen LogP contribution < -0.4 is 10.3 Å². The van der Waals surface area contributed by atoms with Crippen molar-refractivity contribution in [3.8, 4) is 10.6 Å². The quantitative estimate of drug-likeness (QED) is 0.833. The van der Waals surface area contributed by atoms with Crippen molar-refractivity contribution >= 4 is 33.9 Å². The van der Waals surface area contributed by atoms with E-state index in [2.05, 4.69) is 9.11 Å². The lowest BCUT2D eigenvalue weighted by atomic mass is 10.3. The Labute approximate surface area is 117 Å². The third kappa shape index (κ3) is 3.23. The number of H-pyrrole nitrogens is 1. The fraction of sp³-hybridized carbons (Fsp3) is 0.100. The standard InChI is InChI=1S/C10H4Cl2F3NO2S/c11-7-8(12)19(16-9(7)17)6-3-1-5(2-4-6)18-10(13,14)15/h1-4H/p+1. The fourth-order valence-electron chi connectivity index (χ4n) is 1.30. The van der Waals surface area contributed by atoms with Crippen molar-refractivity contribution in [3.63, 3.8) is 0 Å². The lowest BCUT2D eigenvalue weighted by Gasteiger charge is -2.07. The maximum absolute atomic E-state index is 12.0. The number of hydrogen-bond donors (Lipinski definition) is 1. The van der Waals surface area contributed by atoms with Gasteiger partial charge in [-0.2, -0.15) is 0 Å². The van der Waals surface area contributed by atoms with Crippen LogP contribution >= 0.6 is 33.9 Å². The third-order valence-corrected chi connectivity index (χ3v) is 4.96. The summed E-state index contributed by atoms with van der Waals surface area (Å²) >= 11 is 11.5. The smallest absolute Gasteiger partial charge is 0.406 e. The van der Waals surface area contributed by atoms with Crippen molar-refractivity contribution in [2.24, 2.45) is 0 Å². The van der Waals surface area contributed by atoms with Gasteiger partial charge in [0.25, 0.3) is 4.34 Å². The maximum Gasteiger partial charge on any atom is 0.573 e. The zero-order valence-corrected chi connectivity index (χ0v) is 11.3. The molecule has 1 aromatic carbocycles. The summed E-state index contributed by atoms with van der Waals surface area (Å²) in [7, 11) is -0.950. The van der Waals surface area contributed by atoms with Crippen LogP contribution in [0, 0.1) is 0 Å². The van der Waals surface area contributed by atoms with Crippen LogP contribution in [0.15, 0.2) is 29.1 Å². The van der Waals surface area contributed by atoms with Crippen LogP contribution in [0.2, 0.25) is 9.36 Å². The first-order valence-electron chi connectivity index (χ1n) is 4.74. The molecule has 1 heterocycles. The van der Waals surface area contributed by atoms with Crippen molar-refractivity contribution in [1.82, 2.24) is 4.37 Å². The Kier molecular flexibility index (Phi) is 3.80. The Hall–Kier alpha value is -1.18. The molecule has 0 bridgehead atoms. The molecule has 19 heavy (non-hydrogen) atoms. The van der Waals surface area contributed by atoms with Crippen molar-refractivity contribution in [2.45, 2.75) is 6.36 Å². The van der Waals surface area contributed by atoms with Gasteiger partial charge in [0.05, 0.1) is 0 Å². The average molecular weight is 331 g/mol. The van der Waals surface area contributed by atoms with Gasteiger partial charge in [0.2, 0.25) is 4.90 Å². The highest BCUT2D eigenvalue weighted by Crippen LogP contribution is 2.39. The zero-order chi connectivity index (χ0) is 14.2. The van der Waals surface area contributed by atoms with Gasteiger partial charge in [0, 0.05) is 12.1 Å². The first-order valence-corrected chi connectivity index (χ1v) is 6.72. The Morgan fingerprint density at radius 3 is 2.16 bits per heavy atom. The minimum absolute atomic E-state index is 0.111. The molecule has 1 atom stereocenters. The lowest BCUT2D eigenvalue weighted by molar-refractivity contribution is -0.274. The van der Waals surface area contributed by atoms with Gasteiger partial charge >= 0.3 is 11.9 Å². The van der Waals surface area contributed by atoms with E-state index in [1.807, 2.05) is 0 Å². The molecule has 0 aliphatic heterocycles. The van der Waals surface area contributed by atoms with Crippen molar-refractivity contribution in [2.75, 3.05) is 0 Å². The monoisotopic (exact) mass is 330 g/mol. The number of halogens is 5. The number of benzene rings is 1. The van der Waals surface area contributed by atoms with Crippen LogP contribution in [0.4, 0.5) is 13.2 Å². The van der Waals surface area contributed by atoms with E-state index < -0.39 is 22.6 Å². The summed E-state index contributed by atoms with van der Waals surface area (Å²) < 4.78 is 42.3. The number of hydrogen-bond acceptors (Lipinski definition) is 2. The molecule has 1 aromatic heterocycles. The summed E-state index contributed by atoms with van der Waals surface area (Å²) in [6, 6.07) is 5.03. The van der Waals surface area contributed by atoms with Crippen molar-refractivity contribution < 1.29 is 17.9 Å². The zero-order valence-electron chi connectivity index (χ0n) is 8.92. The Morgan fingerprint density at radius 2 is 1.74 bits per heavy atom. The third-order valence-electron chi connectivity index (χ3n) is 2.04. The van der Waals surface area contributed by atoms with Crippen LogP contribution in [0.5, 0.6) is 5.75 Å². The normalized spacial score (nSPS) is 12.6. The maximum atomic E-state index is 12.0. The van der Waals surface area contributed by atoms with Gasteiger partial charge in [0.1, 0.15) is 16.4 Å². The van der Waals surface area contributed by atoms with E-state index in [1.165, 1.54) is 12.1 Å². The average Bonchev–Trinajstić information content (AvgIpc) is 2.56. The fourth-order valence-corrected chi connectivity index (χ4v) is 3.49. The summed E-state index contributed by atoms with van der Waals surface area (Å²) in [5.41, 5.74) is -0.509. The van der Waals surface area contributed by atoms with Crippen LogP contribution in [0.1, 0.15) is 0 Å². The summed E-state index contributed by atoms with van der Waals surface area (Å²) in [4.78, 5) is 11.8. The SMILES string of the molecule is O=c1[nH][s+](-c2ccc(OC(F)(F)F)cc2)c(Cl)c1Cl. The molecule has 0 radical (unpaired) electrons. The topological polar surface area (TPSA) is 42.1 Å². The van der Waals surface area contributed by atoms with Gasteiger partial charge < -0.3 is 4.74 Å². The van der Waals surface area contributed by atoms with Gasteiger partial charge in [-0.25, -0.2) is 0 Å². The van der Waals surface area contributed by atoms with Crippen LogP contribution in [0.3, 0.4) is 0 Å². The molecule has 9 heteroatoms. The number of aromatic amines is 1. The molecule has 0 fully saturated rings. The number of ether oxygens (including phenoxy) is 1. The Morgan fingerprint density at radius 1 is 1.16 bits per heavy atom. The molecule has 0 saturated heterocycles. The molecule has 2 aromatic rings. The molecule has 0 amide bonds. The molecule has 0 spiro atoms. The molecule has 1 unspecified atom stereocenters. The van der Waals surface area contributed by atoms with Crippen molar-refractivity contribution in [1.29, 1.82) is 0 Å². The van der Waals surface area contributed by atoms with E-state index in [0.29, 0.717) is 4.90 Å². The minimum atomic E-state index is -4.74. The molecular weight excluding hydrogens is 326 g/mol. The minimum Gasteiger partial charge on any atom is -0.406 e. The first-order chi connectivity index (χ1) is 8.78. The second-order valence-corrected chi connectivity index (χ2v) is 6.02. The number of rotatable bonds is 2. The van der Waals surface area contributed by atoms with E-state index in [9.17, 15) is 18.0 Å². The van der Waals surface area contributed by atoms with Crippen molar-refractivity contribution in [3.05, 3.63) is 44.0 Å². The summed E-state index contributed by atoms with van der Waals surface area (Å²) in [6.45, 7) is 0. The highest BCUT2D eigenvalue weighted by atomic mass is 35.5. The molecule has 1 N–H and O–H groups in total. The van der Waals surface area contributed by atoms with Crippen LogP contribution in [-0.2, 0) is 0 Å². The van der Waals surface area contributed by atoms with E-state index in [-0.39, 0.29) is 15.1 Å². The highest BCUT2D eigenvalue weighted by molar-refractivity contribution is 7.38. The lowest BCUT2D eigenvalue weighted by Crippen LogP contribution is -2.16. The molecule has 102 valence electrons. The predicted molar refractivity (Wildman–Crippen MR) is 67.6 cm³/mol. The van der Waals surface area contributed by atoms with E-state index in [1.54, 1.807) is 0 Å². The van der Waals surface area contributed by atoms with Gasteiger partial charge in [-0.3, -0.25) is 4.79 Å². The van der Waals surface area contributed by atoms with Gasteiger partial charge in [-0.1, -0.05) is 11.6 Å². The van der Waals surface area contributed by atoms with Gasteiger partial charge in [-0.15, -0.1) is 17.5 Å². The van der Waals surface area contributed by atoms with E-state index in [4.69, 9.17) is 23.2 Å². The van der Waals surface area contributed by atoms with E-state index in [0.717, 1.165) is 12.1 Å². The first kappa shape index (κ1) is 14.2.